The molecule has 0 aliphatic heterocycles. The third-order valence-corrected chi connectivity index (χ3v) is 8.66. The zero-order chi connectivity index (χ0) is 17.3. The summed E-state index contributed by atoms with van der Waals surface area (Å²) in [4.78, 5) is 37.4. The molecule has 0 aromatic carbocycles. The van der Waals surface area contributed by atoms with Crippen molar-refractivity contribution >= 4 is 17.3 Å². The van der Waals surface area contributed by atoms with Crippen LogP contribution >= 0.6 is 0 Å². The Balaban J connectivity index is 1.69. The van der Waals surface area contributed by atoms with Crippen LogP contribution in [0, 0.1) is 40.4 Å². The summed E-state index contributed by atoms with van der Waals surface area (Å²) >= 11 is 0. The molecule has 0 amide bonds. The van der Waals surface area contributed by atoms with E-state index in [9.17, 15) is 14.4 Å². The fourth-order valence-corrected chi connectivity index (χ4v) is 7.53. The number of carbonyl (C=O) groups is 3. The van der Waals surface area contributed by atoms with Gasteiger partial charge in [-0.15, -0.1) is 0 Å². The topological polar surface area (TPSA) is 51.2 Å². The quantitative estimate of drug-likeness (QED) is 0.730. The van der Waals surface area contributed by atoms with Crippen molar-refractivity contribution in [1.29, 1.82) is 0 Å². The van der Waals surface area contributed by atoms with Gasteiger partial charge < -0.3 is 0 Å². The molecular formula is C21H30O3. The number of hydrogen-bond donors (Lipinski definition) is 0. The Kier molecular flexibility index (Phi) is 3.61. The van der Waals surface area contributed by atoms with Gasteiger partial charge in [-0.1, -0.05) is 13.8 Å². The van der Waals surface area contributed by atoms with E-state index in [2.05, 4.69) is 13.8 Å². The Morgan fingerprint density at radius 1 is 1.04 bits per heavy atom. The zero-order valence-electron chi connectivity index (χ0n) is 15.3. The summed E-state index contributed by atoms with van der Waals surface area (Å²) in [5, 5.41) is 0. The average molecular weight is 330 g/mol. The first-order valence-corrected chi connectivity index (χ1v) is 9.82. The molecule has 132 valence electrons. The minimum Gasteiger partial charge on any atom is -0.300 e. The average Bonchev–Trinajstić information content (AvgIpc) is 2.84. The maximum absolute atomic E-state index is 13.3. The summed E-state index contributed by atoms with van der Waals surface area (Å²) in [7, 11) is 0. The lowest BCUT2D eigenvalue weighted by Gasteiger charge is -2.59. The number of ketones is 3. The van der Waals surface area contributed by atoms with Gasteiger partial charge in [-0.2, -0.15) is 0 Å². The Morgan fingerprint density at radius 3 is 2.50 bits per heavy atom. The largest absolute Gasteiger partial charge is 0.300 e. The van der Waals surface area contributed by atoms with Crippen LogP contribution in [-0.2, 0) is 14.4 Å². The molecule has 0 spiro atoms. The van der Waals surface area contributed by atoms with Crippen LogP contribution in [0.3, 0.4) is 0 Å². The van der Waals surface area contributed by atoms with Crippen molar-refractivity contribution in [3.05, 3.63) is 0 Å². The highest BCUT2D eigenvalue weighted by molar-refractivity contribution is 5.87. The Labute approximate surface area is 144 Å². The van der Waals surface area contributed by atoms with Gasteiger partial charge in [0, 0.05) is 31.1 Å². The van der Waals surface area contributed by atoms with Crippen molar-refractivity contribution in [2.45, 2.75) is 72.1 Å². The molecule has 7 atom stereocenters. The first kappa shape index (κ1) is 16.5. The van der Waals surface area contributed by atoms with E-state index in [1.54, 1.807) is 6.92 Å². The van der Waals surface area contributed by atoms with Crippen LogP contribution in [0.2, 0.25) is 0 Å². The number of Topliss-reactive ketones (excluding diaryl/α,β-unsaturated/α-hetero) is 3. The van der Waals surface area contributed by atoms with Crippen molar-refractivity contribution in [2.75, 3.05) is 0 Å². The molecule has 0 radical (unpaired) electrons. The van der Waals surface area contributed by atoms with E-state index in [0.717, 1.165) is 32.1 Å². The van der Waals surface area contributed by atoms with Crippen LogP contribution in [0.25, 0.3) is 0 Å². The molecule has 4 fully saturated rings. The lowest BCUT2D eigenvalue weighted by atomic mass is 9.44. The Hall–Kier alpha value is -0.990. The van der Waals surface area contributed by atoms with Crippen molar-refractivity contribution in [3.63, 3.8) is 0 Å². The van der Waals surface area contributed by atoms with Gasteiger partial charge in [-0.05, 0) is 67.6 Å². The van der Waals surface area contributed by atoms with Crippen LogP contribution in [0.15, 0.2) is 0 Å². The summed E-state index contributed by atoms with van der Waals surface area (Å²) in [6.07, 6.45) is 7.05. The predicted molar refractivity (Wildman–Crippen MR) is 91.3 cm³/mol. The van der Waals surface area contributed by atoms with Crippen LogP contribution in [-0.4, -0.2) is 17.3 Å². The van der Waals surface area contributed by atoms with Gasteiger partial charge in [0.1, 0.15) is 17.3 Å². The van der Waals surface area contributed by atoms with Crippen molar-refractivity contribution < 1.29 is 14.4 Å². The molecule has 4 aliphatic carbocycles. The predicted octanol–water partition coefficient (Wildman–Crippen LogP) is 3.98. The molecule has 0 aromatic heterocycles. The van der Waals surface area contributed by atoms with Crippen LogP contribution in [0.5, 0.6) is 0 Å². The lowest BCUT2D eigenvalue weighted by molar-refractivity contribution is -0.161. The maximum Gasteiger partial charge on any atom is 0.137 e. The molecule has 4 aliphatic rings. The fraction of sp³-hybridized carbons (Fsp3) is 0.857. The van der Waals surface area contributed by atoms with Gasteiger partial charge in [0.05, 0.1) is 0 Å². The Morgan fingerprint density at radius 2 is 1.79 bits per heavy atom. The van der Waals surface area contributed by atoms with E-state index >= 15 is 0 Å². The second-order valence-electron chi connectivity index (χ2n) is 9.66. The standard InChI is InChI=1S/C21H30O3/c1-12(22)16-6-7-17-15-5-4-13-10-14(23)8-9-20(13,2)19(15)18(24)11-21(16,17)3/h13,15-17,19H,4-11H2,1-3H3/t13-,15-,16+,17-,19-,20+,21-/m1/s1. The number of fused-ring (bicyclic) bond motifs is 5. The molecule has 0 saturated heterocycles. The summed E-state index contributed by atoms with van der Waals surface area (Å²) in [5.41, 5.74) is -0.0959. The molecule has 4 saturated carbocycles. The monoisotopic (exact) mass is 330 g/mol. The number of rotatable bonds is 1. The van der Waals surface area contributed by atoms with Gasteiger partial charge in [0.15, 0.2) is 0 Å². The summed E-state index contributed by atoms with van der Waals surface area (Å²) in [6.45, 7) is 6.21. The molecule has 3 heteroatoms. The first-order chi connectivity index (χ1) is 11.3. The van der Waals surface area contributed by atoms with E-state index in [1.807, 2.05) is 0 Å². The zero-order valence-corrected chi connectivity index (χ0v) is 15.3. The van der Waals surface area contributed by atoms with Crippen molar-refractivity contribution in [1.82, 2.24) is 0 Å². The van der Waals surface area contributed by atoms with Gasteiger partial charge in [0.25, 0.3) is 0 Å². The third-order valence-electron chi connectivity index (χ3n) is 8.66. The van der Waals surface area contributed by atoms with Crippen LogP contribution in [0.1, 0.15) is 72.1 Å². The second-order valence-corrected chi connectivity index (χ2v) is 9.66. The highest BCUT2D eigenvalue weighted by Crippen LogP contribution is 2.66. The van der Waals surface area contributed by atoms with Crippen molar-refractivity contribution in [2.24, 2.45) is 40.4 Å². The summed E-state index contributed by atoms with van der Waals surface area (Å²) in [5.74, 6) is 2.63. The fourth-order valence-electron chi connectivity index (χ4n) is 7.53. The van der Waals surface area contributed by atoms with Crippen LogP contribution in [0.4, 0.5) is 0 Å². The lowest BCUT2D eigenvalue weighted by Crippen LogP contribution is -2.57. The molecular weight excluding hydrogens is 300 g/mol. The van der Waals surface area contributed by atoms with Crippen molar-refractivity contribution in [3.8, 4) is 0 Å². The second kappa shape index (κ2) is 5.25. The highest BCUT2D eigenvalue weighted by Gasteiger charge is 2.63. The van der Waals surface area contributed by atoms with Gasteiger partial charge in [-0.25, -0.2) is 0 Å². The molecule has 0 heterocycles. The van der Waals surface area contributed by atoms with Crippen LogP contribution < -0.4 is 0 Å². The van der Waals surface area contributed by atoms with E-state index in [1.165, 1.54) is 0 Å². The third kappa shape index (κ3) is 2.05. The van der Waals surface area contributed by atoms with E-state index < -0.39 is 0 Å². The van der Waals surface area contributed by atoms with E-state index in [4.69, 9.17) is 0 Å². The highest BCUT2D eigenvalue weighted by atomic mass is 16.1. The SMILES string of the molecule is CC(=O)[C@@H]1CC[C@@H]2[C@H]3CC[C@@H]4CC(=O)CC[C@]4(C)[C@H]3C(=O)C[C@@]21C. The molecule has 0 unspecified atom stereocenters. The molecule has 0 N–H and O–H groups in total. The van der Waals surface area contributed by atoms with Gasteiger partial charge in [-0.3, -0.25) is 14.4 Å². The smallest absolute Gasteiger partial charge is 0.137 e. The summed E-state index contributed by atoms with van der Waals surface area (Å²) < 4.78 is 0. The van der Waals surface area contributed by atoms with Gasteiger partial charge >= 0.3 is 0 Å². The number of carbonyl (C=O) groups excluding carboxylic acids is 3. The molecule has 0 aromatic rings. The van der Waals surface area contributed by atoms with E-state index in [0.29, 0.717) is 48.6 Å². The van der Waals surface area contributed by atoms with E-state index in [-0.39, 0.29) is 28.4 Å². The Bertz CT molecular complexity index is 608. The minimum absolute atomic E-state index is 0.0174. The molecule has 3 nitrogen and oxygen atoms in total. The molecule has 4 rings (SSSR count). The normalized spacial score (nSPS) is 50.9. The maximum atomic E-state index is 13.3. The minimum atomic E-state index is -0.113. The van der Waals surface area contributed by atoms with Gasteiger partial charge in [0.2, 0.25) is 0 Å². The summed E-state index contributed by atoms with van der Waals surface area (Å²) in [6, 6.07) is 0. The molecule has 0 bridgehead atoms. The molecule has 24 heavy (non-hydrogen) atoms. The number of hydrogen-bond acceptors (Lipinski definition) is 3. The first-order valence-electron chi connectivity index (χ1n) is 9.82.